The molecule has 1 unspecified atom stereocenters. The Kier molecular flexibility index (Phi) is 7.97. The molecule has 0 N–H and O–H groups in total. The molecule has 0 bridgehead atoms. The van der Waals surface area contributed by atoms with Crippen LogP contribution in [0.2, 0.25) is 0 Å². The van der Waals surface area contributed by atoms with Gasteiger partial charge in [0.1, 0.15) is 5.75 Å². The molecular formula is C31H35N3O3. The van der Waals surface area contributed by atoms with Crippen molar-refractivity contribution in [2.24, 2.45) is 0 Å². The van der Waals surface area contributed by atoms with E-state index in [-0.39, 0.29) is 24.3 Å². The lowest BCUT2D eigenvalue weighted by molar-refractivity contribution is -0.123. The Hall–Kier alpha value is -3.48. The molecule has 2 heterocycles. The van der Waals surface area contributed by atoms with E-state index in [9.17, 15) is 9.59 Å². The number of benzene rings is 3. The molecule has 3 aromatic carbocycles. The minimum Gasteiger partial charge on any atom is -0.494 e. The maximum Gasteiger partial charge on any atom is 0.251 e. The molecule has 2 fully saturated rings. The van der Waals surface area contributed by atoms with E-state index in [4.69, 9.17) is 4.74 Å². The fourth-order valence-electron chi connectivity index (χ4n) is 5.39. The van der Waals surface area contributed by atoms with Gasteiger partial charge in [-0.3, -0.25) is 19.4 Å². The molecule has 2 saturated heterocycles. The third-order valence-corrected chi connectivity index (χ3v) is 7.37. The molecule has 37 heavy (non-hydrogen) atoms. The van der Waals surface area contributed by atoms with Crippen molar-refractivity contribution >= 4 is 17.5 Å². The van der Waals surface area contributed by atoms with E-state index in [1.54, 1.807) is 0 Å². The number of carbonyl (C=O) groups excluding carboxylic acids is 2. The van der Waals surface area contributed by atoms with Gasteiger partial charge in [0.15, 0.2) is 0 Å². The van der Waals surface area contributed by atoms with Gasteiger partial charge in [-0.25, -0.2) is 4.90 Å². The predicted molar refractivity (Wildman–Crippen MR) is 146 cm³/mol. The Balaban J connectivity index is 1.24. The predicted octanol–water partition coefficient (Wildman–Crippen LogP) is 4.90. The van der Waals surface area contributed by atoms with Crippen LogP contribution in [-0.2, 0) is 9.59 Å². The minimum absolute atomic E-state index is 0.124. The summed E-state index contributed by atoms with van der Waals surface area (Å²) < 4.78 is 5.73. The van der Waals surface area contributed by atoms with Crippen LogP contribution in [0.25, 0.3) is 0 Å². The number of imide groups is 1. The van der Waals surface area contributed by atoms with Gasteiger partial charge in [0.25, 0.3) is 5.91 Å². The number of rotatable bonds is 9. The summed E-state index contributed by atoms with van der Waals surface area (Å²) in [5.41, 5.74) is 3.15. The average molecular weight is 498 g/mol. The molecule has 0 saturated carbocycles. The quantitative estimate of drug-likeness (QED) is 0.311. The minimum atomic E-state index is -0.401. The second kappa shape index (κ2) is 11.7. The van der Waals surface area contributed by atoms with Crippen LogP contribution in [0.1, 0.15) is 43.4 Å². The third kappa shape index (κ3) is 5.60. The molecule has 0 spiro atoms. The molecule has 192 valence electrons. The van der Waals surface area contributed by atoms with Crippen LogP contribution in [0.15, 0.2) is 84.9 Å². The largest absolute Gasteiger partial charge is 0.494 e. The number of carbonyl (C=O) groups is 2. The molecule has 2 aliphatic heterocycles. The standard InChI is InChI=1S/C31H35N3O3/c1-2-3-22-37-27-16-14-26(15-17-27)34-29(35)23-28(31(34)36)32-18-20-33(21-19-32)30(24-10-6-4-7-11-24)25-12-8-5-9-13-25/h4-17,28,30H,2-3,18-23H2,1H3. The number of unbranched alkanes of at least 4 members (excludes halogenated alkanes) is 1. The second-order valence-electron chi connectivity index (χ2n) is 9.78. The monoisotopic (exact) mass is 497 g/mol. The molecule has 5 rings (SSSR count). The van der Waals surface area contributed by atoms with Crippen molar-refractivity contribution in [1.82, 2.24) is 9.80 Å². The Morgan fingerprint density at radius 2 is 1.41 bits per heavy atom. The fraction of sp³-hybridized carbons (Fsp3) is 0.355. The maximum absolute atomic E-state index is 13.4. The summed E-state index contributed by atoms with van der Waals surface area (Å²) in [5.74, 6) is 0.500. The molecule has 6 heteroatoms. The van der Waals surface area contributed by atoms with Gasteiger partial charge in [-0.1, -0.05) is 74.0 Å². The Labute approximate surface area is 219 Å². The maximum atomic E-state index is 13.4. The number of hydrogen-bond acceptors (Lipinski definition) is 5. The topological polar surface area (TPSA) is 53.1 Å². The number of ether oxygens (including phenoxy) is 1. The van der Waals surface area contributed by atoms with Crippen molar-refractivity contribution < 1.29 is 14.3 Å². The van der Waals surface area contributed by atoms with E-state index < -0.39 is 6.04 Å². The highest BCUT2D eigenvalue weighted by Crippen LogP contribution is 2.32. The molecule has 6 nitrogen and oxygen atoms in total. The van der Waals surface area contributed by atoms with Gasteiger partial charge < -0.3 is 4.74 Å². The van der Waals surface area contributed by atoms with Crippen LogP contribution < -0.4 is 9.64 Å². The van der Waals surface area contributed by atoms with Crippen LogP contribution >= 0.6 is 0 Å². The van der Waals surface area contributed by atoms with Crippen LogP contribution in [0.5, 0.6) is 5.75 Å². The first-order valence-electron chi connectivity index (χ1n) is 13.3. The van der Waals surface area contributed by atoms with Gasteiger partial charge in [-0.15, -0.1) is 0 Å². The van der Waals surface area contributed by atoms with Crippen molar-refractivity contribution in [2.75, 3.05) is 37.7 Å². The zero-order valence-corrected chi connectivity index (χ0v) is 21.5. The molecule has 3 aromatic rings. The first-order chi connectivity index (χ1) is 18.2. The molecule has 0 aromatic heterocycles. The third-order valence-electron chi connectivity index (χ3n) is 7.37. The number of nitrogens with zero attached hydrogens (tertiary/aromatic N) is 3. The molecule has 0 radical (unpaired) electrons. The van der Waals surface area contributed by atoms with Gasteiger partial charge in [-0.2, -0.15) is 0 Å². The highest BCUT2D eigenvalue weighted by Gasteiger charge is 2.43. The molecule has 2 amide bonds. The van der Waals surface area contributed by atoms with Crippen molar-refractivity contribution in [3.05, 3.63) is 96.1 Å². The first-order valence-corrected chi connectivity index (χ1v) is 13.3. The van der Waals surface area contributed by atoms with Gasteiger partial charge in [0.2, 0.25) is 5.91 Å². The summed E-state index contributed by atoms with van der Waals surface area (Å²) in [6, 6.07) is 28.2. The summed E-state index contributed by atoms with van der Waals surface area (Å²) in [4.78, 5) is 32.3. The first kappa shape index (κ1) is 25.2. The van der Waals surface area contributed by atoms with E-state index in [1.165, 1.54) is 16.0 Å². The Morgan fingerprint density at radius 1 is 0.811 bits per heavy atom. The van der Waals surface area contributed by atoms with Crippen molar-refractivity contribution in [3.63, 3.8) is 0 Å². The normalized spacial score (nSPS) is 19.1. The number of piperazine rings is 1. The number of hydrogen-bond donors (Lipinski definition) is 0. The molecular weight excluding hydrogens is 462 g/mol. The summed E-state index contributed by atoms with van der Waals surface area (Å²) in [6.45, 7) is 5.95. The van der Waals surface area contributed by atoms with Crippen LogP contribution in [-0.4, -0.2) is 60.4 Å². The highest BCUT2D eigenvalue weighted by molar-refractivity contribution is 6.22. The van der Waals surface area contributed by atoms with Crippen LogP contribution in [0, 0.1) is 0 Å². The van der Waals surface area contributed by atoms with Crippen LogP contribution in [0.3, 0.4) is 0 Å². The van der Waals surface area contributed by atoms with Gasteiger partial charge in [0, 0.05) is 26.2 Å². The SMILES string of the molecule is CCCCOc1ccc(N2C(=O)CC(N3CCN(C(c4ccccc4)c4ccccc4)CC3)C2=O)cc1. The lowest BCUT2D eigenvalue weighted by atomic mass is 9.96. The summed E-state index contributed by atoms with van der Waals surface area (Å²) >= 11 is 0. The van der Waals surface area contributed by atoms with E-state index in [2.05, 4.69) is 65.3 Å². The van der Waals surface area contributed by atoms with E-state index in [0.29, 0.717) is 12.3 Å². The van der Waals surface area contributed by atoms with Crippen molar-refractivity contribution in [2.45, 2.75) is 38.3 Å². The van der Waals surface area contributed by atoms with Gasteiger partial charge in [-0.05, 0) is 41.8 Å². The smallest absolute Gasteiger partial charge is 0.251 e. The zero-order chi connectivity index (χ0) is 25.6. The average Bonchev–Trinajstić information content (AvgIpc) is 3.24. The van der Waals surface area contributed by atoms with E-state index >= 15 is 0 Å². The van der Waals surface area contributed by atoms with Gasteiger partial charge >= 0.3 is 0 Å². The van der Waals surface area contributed by atoms with Crippen molar-refractivity contribution in [3.8, 4) is 5.75 Å². The van der Waals surface area contributed by atoms with Crippen LogP contribution in [0.4, 0.5) is 5.69 Å². The molecule has 0 aliphatic carbocycles. The second-order valence-corrected chi connectivity index (χ2v) is 9.78. The number of amides is 2. The van der Waals surface area contributed by atoms with Crippen molar-refractivity contribution in [1.29, 1.82) is 0 Å². The lowest BCUT2D eigenvalue weighted by Crippen LogP contribution is -2.53. The number of anilines is 1. The van der Waals surface area contributed by atoms with E-state index in [1.807, 2.05) is 36.4 Å². The Bertz CT molecular complexity index is 1140. The summed E-state index contributed by atoms with van der Waals surface area (Å²) in [6.07, 6.45) is 2.30. The van der Waals surface area contributed by atoms with Gasteiger partial charge in [0.05, 0.1) is 30.8 Å². The summed E-state index contributed by atoms with van der Waals surface area (Å²) in [5, 5.41) is 0. The fourth-order valence-corrected chi connectivity index (χ4v) is 5.39. The molecule has 1 atom stereocenters. The summed E-state index contributed by atoms with van der Waals surface area (Å²) in [7, 11) is 0. The highest BCUT2D eigenvalue weighted by atomic mass is 16.5. The Morgan fingerprint density at radius 3 is 1.97 bits per heavy atom. The van der Waals surface area contributed by atoms with E-state index in [0.717, 1.165) is 44.8 Å². The lowest BCUT2D eigenvalue weighted by Gasteiger charge is -2.41. The zero-order valence-electron chi connectivity index (χ0n) is 21.5. The molecule has 2 aliphatic rings.